The summed E-state index contributed by atoms with van der Waals surface area (Å²) in [6, 6.07) is 14.3. The fraction of sp³-hybridized carbons (Fsp3) is 0.320. The van der Waals surface area contributed by atoms with Crippen molar-refractivity contribution in [3.8, 4) is 0 Å². The minimum atomic E-state index is -0.255. The number of nitrogens with zero attached hydrogens (tertiary/aromatic N) is 1. The molecule has 2 heterocycles. The third kappa shape index (κ3) is 3.99. The molecule has 3 nitrogen and oxygen atoms in total. The smallest absolute Gasteiger partial charge is 0.312 e. The Kier molecular flexibility index (Phi) is 5.76. The van der Waals surface area contributed by atoms with Crippen LogP contribution in [-0.4, -0.2) is 23.7 Å². The summed E-state index contributed by atoms with van der Waals surface area (Å²) in [5.74, 6) is -0.255. The van der Waals surface area contributed by atoms with Gasteiger partial charge in [0.1, 0.15) is 5.82 Å². The maximum Gasteiger partial charge on any atom is 0.322 e. The number of urea groups is 1. The predicted molar refractivity (Wildman–Crippen MR) is 127 cm³/mol. The number of amides is 2. The molecule has 3 aromatic rings. The number of aryl methyl sites for hydroxylation is 1. The van der Waals surface area contributed by atoms with Gasteiger partial charge in [-0.1, -0.05) is 18.2 Å². The summed E-state index contributed by atoms with van der Waals surface area (Å²) in [5, 5.41) is 3.09. The summed E-state index contributed by atoms with van der Waals surface area (Å²) in [6.07, 6.45) is 7.67. The lowest BCUT2D eigenvalue weighted by Crippen LogP contribution is -2.42. The second kappa shape index (κ2) is 8.67. The monoisotopic (exact) mass is 452 g/mol. The van der Waals surface area contributed by atoms with Gasteiger partial charge in [0.25, 0.3) is 0 Å². The number of benzene rings is 2. The number of thioether (sulfide) groups is 1. The molecule has 0 spiro atoms. The van der Waals surface area contributed by atoms with Crippen LogP contribution in [-0.2, 0) is 19.3 Å². The molecule has 31 heavy (non-hydrogen) atoms. The SMILES string of the molecule is CSc1cccc(NC(=O)N2CCc3c(sc4c3CCCC4)[C@@H]2c2ccc(F)cc2)c1. The molecule has 0 unspecified atom stereocenters. The van der Waals surface area contributed by atoms with Crippen LogP contribution in [0.25, 0.3) is 0 Å². The normalized spacial score (nSPS) is 17.7. The number of carbonyl (C=O) groups is 1. The highest BCUT2D eigenvalue weighted by molar-refractivity contribution is 7.98. The van der Waals surface area contributed by atoms with Crippen LogP contribution >= 0.6 is 23.1 Å². The molecule has 1 N–H and O–H groups in total. The van der Waals surface area contributed by atoms with Crippen LogP contribution in [0.4, 0.5) is 14.9 Å². The van der Waals surface area contributed by atoms with Crippen LogP contribution in [0.15, 0.2) is 53.4 Å². The second-order valence-corrected chi connectivity index (χ2v) is 10.1. The standard InChI is InChI=1S/C25H25FN2OS2/c1-30-19-6-4-5-18(15-19)27-25(29)28-14-13-21-20-7-2-3-8-22(20)31-24(21)23(28)16-9-11-17(26)12-10-16/h4-6,9-12,15,23H,2-3,7-8,13-14H2,1H3,(H,27,29)/t23-/m0/s1. The molecule has 1 aromatic heterocycles. The predicted octanol–water partition coefficient (Wildman–Crippen LogP) is 6.67. The maximum absolute atomic E-state index is 13.7. The van der Waals surface area contributed by atoms with Gasteiger partial charge < -0.3 is 10.2 Å². The van der Waals surface area contributed by atoms with E-state index in [0.29, 0.717) is 6.54 Å². The fourth-order valence-electron chi connectivity index (χ4n) is 4.74. The van der Waals surface area contributed by atoms with Crippen molar-refractivity contribution in [2.45, 2.75) is 43.0 Å². The van der Waals surface area contributed by atoms with Gasteiger partial charge in [0, 0.05) is 26.9 Å². The van der Waals surface area contributed by atoms with Crippen LogP contribution in [0, 0.1) is 5.82 Å². The van der Waals surface area contributed by atoms with Crippen molar-refractivity contribution in [3.63, 3.8) is 0 Å². The molecule has 0 bridgehead atoms. The van der Waals surface area contributed by atoms with E-state index in [-0.39, 0.29) is 17.9 Å². The van der Waals surface area contributed by atoms with E-state index < -0.39 is 0 Å². The van der Waals surface area contributed by atoms with E-state index in [1.165, 1.54) is 45.9 Å². The summed E-state index contributed by atoms with van der Waals surface area (Å²) in [4.78, 5) is 19.2. The number of anilines is 1. The number of hydrogen-bond acceptors (Lipinski definition) is 3. The van der Waals surface area contributed by atoms with Gasteiger partial charge in [-0.3, -0.25) is 0 Å². The highest BCUT2D eigenvalue weighted by atomic mass is 32.2. The van der Waals surface area contributed by atoms with E-state index in [2.05, 4.69) is 5.32 Å². The highest BCUT2D eigenvalue weighted by Gasteiger charge is 2.36. The van der Waals surface area contributed by atoms with Gasteiger partial charge in [-0.05, 0) is 85.4 Å². The number of carbonyl (C=O) groups excluding carboxylic acids is 1. The molecule has 6 heteroatoms. The van der Waals surface area contributed by atoms with Gasteiger partial charge in [0.15, 0.2) is 0 Å². The van der Waals surface area contributed by atoms with Crippen LogP contribution in [0.5, 0.6) is 0 Å². The first kappa shape index (κ1) is 20.6. The van der Waals surface area contributed by atoms with Crippen molar-refractivity contribution >= 4 is 34.8 Å². The molecule has 0 saturated heterocycles. The number of halogens is 1. The van der Waals surface area contributed by atoms with Gasteiger partial charge in [-0.15, -0.1) is 23.1 Å². The average molecular weight is 453 g/mol. The summed E-state index contributed by atoms with van der Waals surface area (Å²) >= 11 is 3.51. The number of nitrogens with one attached hydrogen (secondary N) is 1. The van der Waals surface area contributed by atoms with Crippen molar-refractivity contribution in [2.75, 3.05) is 18.1 Å². The molecule has 5 rings (SSSR count). The van der Waals surface area contributed by atoms with Crippen LogP contribution in [0.2, 0.25) is 0 Å². The van der Waals surface area contributed by atoms with E-state index >= 15 is 0 Å². The van der Waals surface area contributed by atoms with Crippen LogP contribution in [0.3, 0.4) is 0 Å². The van der Waals surface area contributed by atoms with Gasteiger partial charge in [0.05, 0.1) is 6.04 Å². The summed E-state index contributed by atoms with van der Waals surface area (Å²) in [5.41, 5.74) is 4.72. The van der Waals surface area contributed by atoms with E-state index in [0.717, 1.165) is 35.4 Å². The molecule has 2 aromatic carbocycles. The average Bonchev–Trinajstić information content (AvgIpc) is 3.18. The molecule has 2 amide bonds. The Bertz CT molecular complexity index is 1110. The van der Waals surface area contributed by atoms with Crippen LogP contribution < -0.4 is 5.32 Å². The fourth-order valence-corrected chi connectivity index (χ4v) is 6.78. The molecular weight excluding hydrogens is 427 g/mol. The summed E-state index contributed by atoms with van der Waals surface area (Å²) in [6.45, 7) is 0.659. The zero-order valence-corrected chi connectivity index (χ0v) is 19.1. The molecule has 0 saturated carbocycles. The van der Waals surface area contributed by atoms with Crippen molar-refractivity contribution in [2.24, 2.45) is 0 Å². The van der Waals surface area contributed by atoms with E-state index in [9.17, 15) is 9.18 Å². The Morgan fingerprint density at radius 1 is 1.10 bits per heavy atom. The van der Waals surface area contributed by atoms with Gasteiger partial charge in [-0.2, -0.15) is 0 Å². The second-order valence-electron chi connectivity index (χ2n) is 8.11. The van der Waals surface area contributed by atoms with Crippen molar-refractivity contribution in [1.82, 2.24) is 4.90 Å². The number of thiophene rings is 1. The largest absolute Gasteiger partial charge is 0.322 e. The van der Waals surface area contributed by atoms with Crippen molar-refractivity contribution in [1.29, 1.82) is 0 Å². The lowest BCUT2D eigenvalue weighted by Gasteiger charge is -2.36. The third-order valence-corrected chi connectivity index (χ3v) is 8.35. The maximum atomic E-state index is 13.7. The number of fused-ring (bicyclic) bond motifs is 3. The Labute approximate surface area is 190 Å². The first-order valence-electron chi connectivity index (χ1n) is 10.7. The minimum absolute atomic E-state index is 0.107. The number of rotatable bonds is 3. The van der Waals surface area contributed by atoms with E-state index in [1.807, 2.05) is 58.9 Å². The zero-order chi connectivity index (χ0) is 21.4. The summed E-state index contributed by atoms with van der Waals surface area (Å²) < 4.78 is 13.7. The topological polar surface area (TPSA) is 32.3 Å². The lowest BCUT2D eigenvalue weighted by molar-refractivity contribution is 0.195. The third-order valence-electron chi connectivity index (χ3n) is 6.24. The quantitative estimate of drug-likeness (QED) is 0.450. The molecule has 1 aliphatic carbocycles. The molecule has 0 radical (unpaired) electrons. The Balaban J connectivity index is 1.52. The first-order chi connectivity index (χ1) is 15.1. The minimum Gasteiger partial charge on any atom is -0.312 e. The molecule has 1 aliphatic heterocycles. The Hall–Kier alpha value is -2.31. The molecule has 0 fully saturated rings. The Morgan fingerprint density at radius 3 is 2.71 bits per heavy atom. The van der Waals surface area contributed by atoms with Gasteiger partial charge >= 0.3 is 6.03 Å². The summed E-state index contributed by atoms with van der Waals surface area (Å²) in [7, 11) is 0. The molecular formula is C25H25FN2OS2. The number of hydrogen-bond donors (Lipinski definition) is 1. The van der Waals surface area contributed by atoms with Crippen molar-refractivity contribution < 1.29 is 9.18 Å². The van der Waals surface area contributed by atoms with E-state index in [1.54, 1.807) is 11.8 Å². The molecule has 1 atom stereocenters. The van der Waals surface area contributed by atoms with Crippen molar-refractivity contribution in [3.05, 3.63) is 80.8 Å². The molecule has 160 valence electrons. The van der Waals surface area contributed by atoms with Gasteiger partial charge in [0.2, 0.25) is 0 Å². The zero-order valence-electron chi connectivity index (χ0n) is 17.5. The Morgan fingerprint density at radius 2 is 1.90 bits per heavy atom. The van der Waals surface area contributed by atoms with Crippen LogP contribution in [0.1, 0.15) is 45.3 Å². The highest BCUT2D eigenvalue weighted by Crippen LogP contribution is 2.45. The molecule has 2 aliphatic rings. The lowest BCUT2D eigenvalue weighted by atomic mass is 9.88. The van der Waals surface area contributed by atoms with E-state index in [4.69, 9.17) is 0 Å². The first-order valence-corrected chi connectivity index (χ1v) is 12.8. The van der Waals surface area contributed by atoms with Gasteiger partial charge in [-0.25, -0.2) is 9.18 Å².